The van der Waals surface area contributed by atoms with Gasteiger partial charge in [0.15, 0.2) is 5.75 Å². The fourth-order valence-corrected chi connectivity index (χ4v) is 1.68. The first-order valence-electron chi connectivity index (χ1n) is 6.44. The average molecular weight is 260 g/mol. The molecule has 5 nitrogen and oxygen atoms in total. The van der Waals surface area contributed by atoms with Gasteiger partial charge in [0, 0.05) is 18.8 Å². The molecule has 2 rings (SSSR count). The van der Waals surface area contributed by atoms with E-state index >= 15 is 0 Å². The van der Waals surface area contributed by atoms with Crippen molar-refractivity contribution in [3.8, 4) is 5.75 Å². The fourth-order valence-electron chi connectivity index (χ4n) is 1.68. The van der Waals surface area contributed by atoms with E-state index in [0.717, 1.165) is 18.0 Å². The van der Waals surface area contributed by atoms with Gasteiger partial charge in [-0.05, 0) is 32.5 Å². The lowest BCUT2D eigenvalue weighted by atomic mass is 10.2. The number of hydrogen-bond acceptors (Lipinski definition) is 4. The summed E-state index contributed by atoms with van der Waals surface area (Å²) in [6.07, 6.45) is 5.50. The van der Waals surface area contributed by atoms with Crippen molar-refractivity contribution in [2.45, 2.75) is 33.0 Å². The first-order valence-corrected chi connectivity index (χ1v) is 6.44. The molecule has 0 aliphatic rings. The molecule has 2 heterocycles. The maximum Gasteiger partial charge on any atom is 0.157 e. The number of nitrogens with zero attached hydrogens (tertiary/aromatic N) is 3. The number of nitrogens with one attached hydrogen (secondary N) is 1. The molecule has 102 valence electrons. The van der Waals surface area contributed by atoms with E-state index in [0.29, 0.717) is 12.6 Å². The maximum absolute atomic E-state index is 5.66. The summed E-state index contributed by atoms with van der Waals surface area (Å²) >= 11 is 0. The summed E-state index contributed by atoms with van der Waals surface area (Å²) in [6, 6.07) is 4.38. The Labute approximate surface area is 113 Å². The zero-order valence-electron chi connectivity index (χ0n) is 11.6. The third-order valence-corrected chi connectivity index (χ3v) is 2.76. The zero-order valence-corrected chi connectivity index (χ0v) is 11.6. The summed E-state index contributed by atoms with van der Waals surface area (Å²) < 4.78 is 7.54. The molecule has 19 heavy (non-hydrogen) atoms. The molecule has 2 aromatic heterocycles. The molecule has 0 saturated carbocycles. The van der Waals surface area contributed by atoms with E-state index in [4.69, 9.17) is 4.74 Å². The summed E-state index contributed by atoms with van der Waals surface area (Å²) in [7, 11) is 1.92. The molecule has 0 aliphatic carbocycles. The standard InChI is InChI=1S/C14H20N4O/c1-11(2)18-9-14(8-17-18)19-10-13-5-4-12(6-15-3)7-16-13/h4-5,7-9,11,15H,6,10H2,1-3H3. The molecular formula is C14H20N4O. The molecule has 0 aromatic carbocycles. The Kier molecular flexibility index (Phi) is 4.52. The summed E-state index contributed by atoms with van der Waals surface area (Å²) in [4.78, 5) is 4.36. The average Bonchev–Trinajstić information content (AvgIpc) is 2.87. The van der Waals surface area contributed by atoms with Gasteiger partial charge in [-0.2, -0.15) is 5.10 Å². The number of rotatable bonds is 6. The van der Waals surface area contributed by atoms with Crippen molar-refractivity contribution in [2.75, 3.05) is 7.05 Å². The van der Waals surface area contributed by atoms with Gasteiger partial charge in [-0.25, -0.2) is 0 Å². The number of hydrogen-bond donors (Lipinski definition) is 1. The van der Waals surface area contributed by atoms with Gasteiger partial charge in [0.1, 0.15) is 6.61 Å². The van der Waals surface area contributed by atoms with E-state index in [1.165, 1.54) is 5.56 Å². The predicted octanol–water partition coefficient (Wildman–Crippen LogP) is 2.16. The van der Waals surface area contributed by atoms with Gasteiger partial charge >= 0.3 is 0 Å². The van der Waals surface area contributed by atoms with Crippen molar-refractivity contribution in [3.63, 3.8) is 0 Å². The number of ether oxygens (including phenoxy) is 1. The van der Waals surface area contributed by atoms with E-state index < -0.39 is 0 Å². The van der Waals surface area contributed by atoms with Crippen LogP contribution in [0, 0.1) is 0 Å². The fraction of sp³-hybridized carbons (Fsp3) is 0.429. The first kappa shape index (κ1) is 13.5. The Bertz CT molecular complexity index is 504. The molecule has 0 radical (unpaired) electrons. The molecule has 2 aromatic rings. The Balaban J connectivity index is 1.90. The molecule has 0 amide bonds. The number of aromatic nitrogens is 3. The van der Waals surface area contributed by atoms with Crippen molar-refractivity contribution < 1.29 is 4.74 Å². The zero-order chi connectivity index (χ0) is 13.7. The lowest BCUT2D eigenvalue weighted by molar-refractivity contribution is 0.300. The molecule has 0 saturated heterocycles. The van der Waals surface area contributed by atoms with Crippen LogP contribution in [0.15, 0.2) is 30.7 Å². The lowest BCUT2D eigenvalue weighted by Gasteiger charge is -2.05. The van der Waals surface area contributed by atoms with Crippen LogP contribution in [0.5, 0.6) is 5.75 Å². The minimum absolute atomic E-state index is 0.344. The largest absolute Gasteiger partial charge is 0.484 e. The van der Waals surface area contributed by atoms with Crippen molar-refractivity contribution in [2.24, 2.45) is 0 Å². The van der Waals surface area contributed by atoms with E-state index in [9.17, 15) is 0 Å². The smallest absolute Gasteiger partial charge is 0.157 e. The molecule has 0 aliphatic heterocycles. The van der Waals surface area contributed by atoms with E-state index in [2.05, 4.69) is 35.3 Å². The van der Waals surface area contributed by atoms with Gasteiger partial charge in [-0.15, -0.1) is 0 Å². The quantitative estimate of drug-likeness (QED) is 0.864. The van der Waals surface area contributed by atoms with Crippen LogP contribution in [-0.4, -0.2) is 21.8 Å². The second-order valence-electron chi connectivity index (χ2n) is 4.73. The third-order valence-electron chi connectivity index (χ3n) is 2.76. The van der Waals surface area contributed by atoms with Crippen LogP contribution in [0.2, 0.25) is 0 Å². The van der Waals surface area contributed by atoms with E-state index in [1.807, 2.05) is 30.2 Å². The van der Waals surface area contributed by atoms with Crippen molar-refractivity contribution in [3.05, 3.63) is 42.0 Å². The van der Waals surface area contributed by atoms with Gasteiger partial charge in [0.05, 0.1) is 18.1 Å². The third kappa shape index (κ3) is 3.79. The lowest BCUT2D eigenvalue weighted by Crippen LogP contribution is -2.06. The first-order chi connectivity index (χ1) is 9.19. The highest BCUT2D eigenvalue weighted by Gasteiger charge is 2.03. The van der Waals surface area contributed by atoms with Gasteiger partial charge < -0.3 is 10.1 Å². The maximum atomic E-state index is 5.66. The Morgan fingerprint density at radius 1 is 1.32 bits per heavy atom. The van der Waals surface area contributed by atoms with Crippen LogP contribution in [0.25, 0.3) is 0 Å². The second-order valence-corrected chi connectivity index (χ2v) is 4.73. The molecule has 0 fully saturated rings. The molecule has 0 unspecified atom stereocenters. The van der Waals surface area contributed by atoms with Gasteiger partial charge in [-0.1, -0.05) is 6.07 Å². The Morgan fingerprint density at radius 2 is 2.16 bits per heavy atom. The molecular weight excluding hydrogens is 240 g/mol. The molecule has 0 bridgehead atoms. The Morgan fingerprint density at radius 3 is 2.74 bits per heavy atom. The van der Waals surface area contributed by atoms with Crippen molar-refractivity contribution >= 4 is 0 Å². The van der Waals surface area contributed by atoms with Gasteiger partial charge in [0.25, 0.3) is 0 Å². The highest BCUT2D eigenvalue weighted by molar-refractivity contribution is 5.16. The topological polar surface area (TPSA) is 52.0 Å². The second kappa shape index (κ2) is 6.33. The van der Waals surface area contributed by atoms with Crippen LogP contribution >= 0.6 is 0 Å². The molecule has 1 N–H and O–H groups in total. The normalized spacial score (nSPS) is 10.9. The summed E-state index contributed by atoms with van der Waals surface area (Å²) in [5, 5.41) is 7.32. The summed E-state index contributed by atoms with van der Waals surface area (Å²) in [5.74, 6) is 0.773. The highest BCUT2D eigenvalue weighted by atomic mass is 16.5. The monoisotopic (exact) mass is 260 g/mol. The van der Waals surface area contributed by atoms with Crippen LogP contribution in [-0.2, 0) is 13.2 Å². The molecule has 0 atom stereocenters. The number of pyridine rings is 1. The SMILES string of the molecule is CNCc1ccc(COc2cnn(C(C)C)c2)nc1. The predicted molar refractivity (Wildman–Crippen MR) is 73.9 cm³/mol. The van der Waals surface area contributed by atoms with E-state index in [1.54, 1.807) is 6.20 Å². The molecule has 0 spiro atoms. The van der Waals surface area contributed by atoms with Crippen LogP contribution in [0.1, 0.15) is 31.1 Å². The van der Waals surface area contributed by atoms with Crippen LogP contribution in [0.3, 0.4) is 0 Å². The van der Waals surface area contributed by atoms with E-state index in [-0.39, 0.29) is 0 Å². The minimum atomic E-state index is 0.344. The van der Waals surface area contributed by atoms with Gasteiger partial charge in [0.2, 0.25) is 0 Å². The molecule has 5 heteroatoms. The van der Waals surface area contributed by atoms with Crippen molar-refractivity contribution in [1.82, 2.24) is 20.1 Å². The highest BCUT2D eigenvalue weighted by Crippen LogP contribution is 2.13. The Hall–Kier alpha value is -1.88. The summed E-state index contributed by atoms with van der Waals surface area (Å²) in [6.45, 7) is 5.45. The van der Waals surface area contributed by atoms with Gasteiger partial charge in [-0.3, -0.25) is 9.67 Å². The minimum Gasteiger partial charge on any atom is -0.484 e. The van der Waals surface area contributed by atoms with Crippen LogP contribution < -0.4 is 10.1 Å². The van der Waals surface area contributed by atoms with Crippen molar-refractivity contribution in [1.29, 1.82) is 0 Å². The van der Waals surface area contributed by atoms with Crippen LogP contribution in [0.4, 0.5) is 0 Å². The summed E-state index contributed by atoms with van der Waals surface area (Å²) in [5.41, 5.74) is 2.08.